The summed E-state index contributed by atoms with van der Waals surface area (Å²) in [6.07, 6.45) is 8.51. The number of hydrogen-bond donors (Lipinski definition) is 1. The zero-order chi connectivity index (χ0) is 22.2. The molecular formula is C24H33N5O3. The highest BCUT2D eigenvalue weighted by molar-refractivity contribution is 5.76. The van der Waals surface area contributed by atoms with Gasteiger partial charge in [-0.15, -0.1) is 0 Å². The van der Waals surface area contributed by atoms with E-state index < -0.39 is 0 Å². The fraction of sp³-hybridized carbons (Fsp3) is 0.667. The normalized spacial score (nSPS) is 20.2. The number of aromatic nitrogens is 3. The third-order valence-corrected chi connectivity index (χ3v) is 7.66. The number of carbonyl (C=O) groups excluding carboxylic acids is 2. The minimum Gasteiger partial charge on any atom is -0.343 e. The third kappa shape index (κ3) is 3.95. The standard InChI is InChI=1S/C24H33N5O3/c1-2-22(30)28-12-9-19-18(15-28)24(32)29-21(25-19)14-20(26-29)17-7-10-27(11-8-17)23(31)13-16-5-3-4-6-16/h14,16-17,26H,2-13,15H2,1H3. The molecule has 0 radical (unpaired) electrons. The maximum atomic E-state index is 13.1. The summed E-state index contributed by atoms with van der Waals surface area (Å²) < 4.78 is 1.53. The molecule has 1 N–H and O–H groups in total. The zero-order valence-corrected chi connectivity index (χ0v) is 18.9. The summed E-state index contributed by atoms with van der Waals surface area (Å²) in [4.78, 5) is 46.4. The van der Waals surface area contributed by atoms with Crippen molar-refractivity contribution in [2.24, 2.45) is 5.92 Å². The fourth-order valence-corrected chi connectivity index (χ4v) is 5.68. The number of likely N-dealkylation sites (tertiary alicyclic amines) is 1. The van der Waals surface area contributed by atoms with Gasteiger partial charge in [0.1, 0.15) is 0 Å². The Morgan fingerprint density at radius 3 is 2.53 bits per heavy atom. The molecule has 2 aromatic rings. The number of amides is 2. The van der Waals surface area contributed by atoms with Crippen LogP contribution >= 0.6 is 0 Å². The third-order valence-electron chi connectivity index (χ3n) is 7.66. The first-order valence-corrected chi connectivity index (χ1v) is 12.2. The van der Waals surface area contributed by atoms with E-state index in [0.29, 0.717) is 61.3 Å². The Morgan fingerprint density at radius 1 is 1.06 bits per heavy atom. The smallest absolute Gasteiger partial charge is 0.277 e. The molecule has 8 nitrogen and oxygen atoms in total. The molecule has 2 aromatic heterocycles. The molecule has 0 bridgehead atoms. The quantitative estimate of drug-likeness (QED) is 0.793. The summed E-state index contributed by atoms with van der Waals surface area (Å²) in [6.45, 7) is 4.35. The molecule has 4 heterocycles. The molecule has 2 fully saturated rings. The van der Waals surface area contributed by atoms with Crippen LogP contribution in [0, 0.1) is 5.92 Å². The molecule has 2 amide bonds. The van der Waals surface area contributed by atoms with Crippen LogP contribution in [0.25, 0.3) is 5.65 Å². The second-order valence-corrected chi connectivity index (χ2v) is 9.68. The molecule has 0 aromatic carbocycles. The van der Waals surface area contributed by atoms with Gasteiger partial charge < -0.3 is 9.80 Å². The molecular weight excluding hydrogens is 406 g/mol. The second kappa shape index (κ2) is 8.71. The Labute approximate surface area is 188 Å². The summed E-state index contributed by atoms with van der Waals surface area (Å²) in [5.74, 6) is 1.26. The van der Waals surface area contributed by atoms with Gasteiger partial charge in [-0.3, -0.25) is 19.5 Å². The van der Waals surface area contributed by atoms with Crippen molar-refractivity contribution in [1.82, 2.24) is 24.4 Å². The molecule has 172 valence electrons. The van der Waals surface area contributed by atoms with Crippen LogP contribution in [0.2, 0.25) is 0 Å². The molecule has 1 aliphatic carbocycles. The van der Waals surface area contributed by atoms with Crippen molar-refractivity contribution in [3.63, 3.8) is 0 Å². The van der Waals surface area contributed by atoms with Crippen LogP contribution in [0.1, 0.15) is 81.2 Å². The first-order valence-electron chi connectivity index (χ1n) is 12.2. The monoisotopic (exact) mass is 439 g/mol. The highest BCUT2D eigenvalue weighted by Gasteiger charge is 2.29. The van der Waals surface area contributed by atoms with Crippen LogP contribution in [0.4, 0.5) is 0 Å². The van der Waals surface area contributed by atoms with Crippen molar-refractivity contribution in [2.75, 3.05) is 19.6 Å². The minimum atomic E-state index is -0.103. The summed E-state index contributed by atoms with van der Waals surface area (Å²) in [5.41, 5.74) is 3.00. The van der Waals surface area contributed by atoms with E-state index in [1.807, 2.05) is 17.9 Å². The van der Waals surface area contributed by atoms with E-state index in [1.165, 1.54) is 30.2 Å². The highest BCUT2D eigenvalue weighted by Crippen LogP contribution is 2.31. The number of nitrogens with one attached hydrogen (secondary N) is 1. The predicted molar refractivity (Wildman–Crippen MR) is 120 cm³/mol. The van der Waals surface area contributed by atoms with Crippen LogP contribution in [0.3, 0.4) is 0 Å². The lowest BCUT2D eigenvalue weighted by atomic mass is 9.93. The van der Waals surface area contributed by atoms with Gasteiger partial charge in [-0.2, -0.15) is 0 Å². The molecule has 0 spiro atoms. The largest absolute Gasteiger partial charge is 0.343 e. The summed E-state index contributed by atoms with van der Waals surface area (Å²) in [5, 5.41) is 3.28. The van der Waals surface area contributed by atoms with Gasteiger partial charge >= 0.3 is 0 Å². The number of carbonyl (C=O) groups is 2. The SMILES string of the molecule is CCC(=O)N1CCc2nc3cc(C4CCN(C(=O)CC5CCCC5)CC4)[nH]n3c(=O)c2C1. The second-order valence-electron chi connectivity index (χ2n) is 9.68. The molecule has 8 heteroatoms. The number of rotatable bonds is 4. The van der Waals surface area contributed by atoms with Gasteiger partial charge in [0.15, 0.2) is 5.65 Å². The van der Waals surface area contributed by atoms with E-state index in [4.69, 9.17) is 4.98 Å². The van der Waals surface area contributed by atoms with Crippen LogP contribution in [-0.4, -0.2) is 55.8 Å². The lowest BCUT2D eigenvalue weighted by molar-refractivity contribution is -0.133. The number of nitrogens with zero attached hydrogens (tertiary/aromatic N) is 4. The van der Waals surface area contributed by atoms with Crippen molar-refractivity contribution < 1.29 is 9.59 Å². The van der Waals surface area contributed by atoms with Gasteiger partial charge in [0, 0.05) is 56.6 Å². The van der Waals surface area contributed by atoms with Crippen LogP contribution in [-0.2, 0) is 22.6 Å². The van der Waals surface area contributed by atoms with E-state index in [-0.39, 0.29) is 11.5 Å². The van der Waals surface area contributed by atoms with E-state index in [1.54, 1.807) is 4.90 Å². The molecule has 1 saturated heterocycles. The molecule has 0 atom stereocenters. The molecule has 0 unspecified atom stereocenters. The average molecular weight is 440 g/mol. The minimum absolute atomic E-state index is 0.0709. The van der Waals surface area contributed by atoms with Crippen molar-refractivity contribution in [2.45, 2.75) is 77.2 Å². The van der Waals surface area contributed by atoms with E-state index in [9.17, 15) is 14.4 Å². The Kier molecular flexibility index (Phi) is 5.78. The van der Waals surface area contributed by atoms with Crippen LogP contribution in [0.15, 0.2) is 10.9 Å². The van der Waals surface area contributed by atoms with Crippen LogP contribution < -0.4 is 5.56 Å². The number of H-pyrrole nitrogens is 1. The molecule has 1 saturated carbocycles. The van der Waals surface area contributed by atoms with E-state index in [2.05, 4.69) is 5.10 Å². The van der Waals surface area contributed by atoms with Gasteiger partial charge in [0.25, 0.3) is 5.56 Å². The van der Waals surface area contributed by atoms with Crippen molar-refractivity contribution in [3.05, 3.63) is 33.4 Å². The maximum absolute atomic E-state index is 13.1. The van der Waals surface area contributed by atoms with Crippen LogP contribution in [0.5, 0.6) is 0 Å². The van der Waals surface area contributed by atoms with Gasteiger partial charge in [-0.25, -0.2) is 9.50 Å². The number of hydrogen-bond acceptors (Lipinski definition) is 4. The first-order chi connectivity index (χ1) is 15.5. The van der Waals surface area contributed by atoms with Crippen molar-refractivity contribution in [3.8, 4) is 0 Å². The average Bonchev–Trinajstić information content (AvgIpc) is 3.48. The summed E-state index contributed by atoms with van der Waals surface area (Å²) >= 11 is 0. The first kappa shape index (κ1) is 21.2. The van der Waals surface area contributed by atoms with Gasteiger partial charge in [0.2, 0.25) is 11.8 Å². The van der Waals surface area contributed by atoms with Crippen molar-refractivity contribution >= 4 is 17.5 Å². The predicted octanol–water partition coefficient (Wildman–Crippen LogP) is 2.60. The summed E-state index contributed by atoms with van der Waals surface area (Å²) in [6, 6.07) is 1.99. The highest BCUT2D eigenvalue weighted by atomic mass is 16.2. The Balaban J connectivity index is 1.29. The van der Waals surface area contributed by atoms with Gasteiger partial charge in [0.05, 0.1) is 17.8 Å². The molecule has 32 heavy (non-hydrogen) atoms. The topological polar surface area (TPSA) is 90.8 Å². The number of fused-ring (bicyclic) bond motifs is 2. The molecule has 3 aliphatic rings. The Morgan fingerprint density at radius 2 is 1.81 bits per heavy atom. The molecule has 2 aliphatic heterocycles. The Bertz CT molecular complexity index is 1070. The number of aromatic amines is 1. The fourth-order valence-electron chi connectivity index (χ4n) is 5.68. The lowest BCUT2D eigenvalue weighted by Crippen LogP contribution is -2.40. The van der Waals surface area contributed by atoms with E-state index in [0.717, 1.165) is 37.3 Å². The van der Waals surface area contributed by atoms with E-state index >= 15 is 0 Å². The van der Waals surface area contributed by atoms with Gasteiger partial charge in [-0.05, 0) is 31.6 Å². The number of piperidine rings is 1. The lowest BCUT2D eigenvalue weighted by Gasteiger charge is -2.32. The molecule has 5 rings (SSSR count). The Hall–Kier alpha value is -2.64. The van der Waals surface area contributed by atoms with Gasteiger partial charge in [-0.1, -0.05) is 19.8 Å². The summed E-state index contributed by atoms with van der Waals surface area (Å²) in [7, 11) is 0. The maximum Gasteiger partial charge on any atom is 0.277 e. The van der Waals surface area contributed by atoms with Crippen molar-refractivity contribution in [1.29, 1.82) is 0 Å². The zero-order valence-electron chi connectivity index (χ0n) is 18.9.